The second-order valence-electron chi connectivity index (χ2n) is 5.15. The van der Waals surface area contributed by atoms with Crippen LogP contribution in [-0.4, -0.2) is 25.0 Å². The third kappa shape index (κ3) is 4.91. The molecule has 1 aromatic rings. The van der Waals surface area contributed by atoms with Crippen LogP contribution < -0.4 is 16.0 Å². The first-order valence-corrected chi connectivity index (χ1v) is 6.80. The molecular formula is C15H25N3O. The summed E-state index contributed by atoms with van der Waals surface area (Å²) in [5.74, 6) is -0.301. The number of benzene rings is 1. The summed E-state index contributed by atoms with van der Waals surface area (Å²) in [5.41, 5.74) is 8.82. The van der Waals surface area contributed by atoms with Crippen LogP contribution in [0.2, 0.25) is 0 Å². The van der Waals surface area contributed by atoms with E-state index >= 15 is 0 Å². The zero-order valence-electron chi connectivity index (χ0n) is 12.4. The minimum absolute atomic E-state index is 0.258. The van der Waals surface area contributed by atoms with E-state index in [4.69, 9.17) is 5.73 Å². The molecule has 1 amide bonds. The number of nitrogens with two attached hydrogens (primary N) is 1. The van der Waals surface area contributed by atoms with Gasteiger partial charge in [0.2, 0.25) is 5.91 Å². The maximum absolute atomic E-state index is 11.2. The highest BCUT2D eigenvalue weighted by Crippen LogP contribution is 2.22. The lowest BCUT2D eigenvalue weighted by Gasteiger charge is -2.25. The van der Waals surface area contributed by atoms with Crippen molar-refractivity contribution in [1.29, 1.82) is 0 Å². The Hall–Kier alpha value is -1.55. The third-order valence-corrected chi connectivity index (χ3v) is 3.00. The summed E-state index contributed by atoms with van der Waals surface area (Å²) < 4.78 is 0. The number of rotatable bonds is 7. The number of nitrogens with one attached hydrogen (secondary N) is 1. The number of primary amides is 1. The van der Waals surface area contributed by atoms with Crippen molar-refractivity contribution in [3.05, 3.63) is 29.3 Å². The number of carbonyl (C=O) groups is 1. The van der Waals surface area contributed by atoms with Crippen LogP contribution >= 0.6 is 0 Å². The summed E-state index contributed by atoms with van der Waals surface area (Å²) in [4.78, 5) is 13.2. The fourth-order valence-corrected chi connectivity index (χ4v) is 2.03. The predicted molar refractivity (Wildman–Crippen MR) is 80.2 cm³/mol. The van der Waals surface area contributed by atoms with Gasteiger partial charge in [-0.25, -0.2) is 0 Å². The Morgan fingerprint density at radius 1 is 1.42 bits per heavy atom. The zero-order chi connectivity index (χ0) is 14.4. The molecule has 0 bridgehead atoms. The quantitative estimate of drug-likeness (QED) is 0.788. The highest BCUT2D eigenvalue weighted by Gasteiger charge is 2.12. The summed E-state index contributed by atoms with van der Waals surface area (Å²) in [5, 5.41) is 3.42. The Kier molecular flexibility index (Phi) is 5.83. The molecule has 0 radical (unpaired) electrons. The Bertz CT molecular complexity index is 429. The lowest BCUT2D eigenvalue weighted by Crippen LogP contribution is -2.34. The van der Waals surface area contributed by atoms with Gasteiger partial charge in [-0.1, -0.05) is 31.5 Å². The number of nitrogens with zero attached hydrogens (tertiary/aromatic N) is 1. The van der Waals surface area contributed by atoms with Gasteiger partial charge in [0.25, 0.3) is 0 Å². The number of anilines is 1. The summed E-state index contributed by atoms with van der Waals surface area (Å²) in [7, 11) is 0. The normalized spacial score (nSPS) is 10.8. The van der Waals surface area contributed by atoms with Gasteiger partial charge in [0, 0.05) is 24.8 Å². The number of hydrogen-bond donors (Lipinski definition) is 2. The van der Waals surface area contributed by atoms with Gasteiger partial charge in [-0.05, 0) is 25.5 Å². The minimum atomic E-state index is -0.301. The molecular weight excluding hydrogens is 238 g/mol. The van der Waals surface area contributed by atoms with Crippen molar-refractivity contribution >= 4 is 11.6 Å². The molecule has 0 heterocycles. The van der Waals surface area contributed by atoms with Gasteiger partial charge in [0.15, 0.2) is 0 Å². The SMILES string of the molecule is CCN(CC(N)=O)c1ccc(C)cc1CNC(C)C. The average Bonchev–Trinajstić information content (AvgIpc) is 2.33. The Morgan fingerprint density at radius 2 is 2.11 bits per heavy atom. The van der Waals surface area contributed by atoms with Crippen LogP contribution in [0.15, 0.2) is 18.2 Å². The van der Waals surface area contributed by atoms with E-state index in [1.807, 2.05) is 11.8 Å². The van der Waals surface area contributed by atoms with Crippen LogP contribution in [0.25, 0.3) is 0 Å². The van der Waals surface area contributed by atoms with Crippen LogP contribution in [0.3, 0.4) is 0 Å². The van der Waals surface area contributed by atoms with Gasteiger partial charge in [0.05, 0.1) is 6.54 Å². The Balaban J connectivity index is 2.99. The molecule has 0 aliphatic carbocycles. The molecule has 0 fully saturated rings. The van der Waals surface area contributed by atoms with E-state index in [2.05, 4.69) is 44.3 Å². The molecule has 3 N–H and O–H groups in total. The van der Waals surface area contributed by atoms with E-state index in [0.717, 1.165) is 18.8 Å². The Labute approximate surface area is 116 Å². The van der Waals surface area contributed by atoms with Crippen molar-refractivity contribution < 1.29 is 4.79 Å². The maximum atomic E-state index is 11.2. The number of amides is 1. The molecule has 0 aliphatic rings. The smallest absolute Gasteiger partial charge is 0.236 e. The highest BCUT2D eigenvalue weighted by atomic mass is 16.1. The van der Waals surface area contributed by atoms with Crippen LogP contribution in [0, 0.1) is 6.92 Å². The van der Waals surface area contributed by atoms with Gasteiger partial charge in [-0.2, -0.15) is 0 Å². The lowest BCUT2D eigenvalue weighted by atomic mass is 10.1. The summed E-state index contributed by atoms with van der Waals surface area (Å²) in [6, 6.07) is 6.73. The van der Waals surface area contributed by atoms with Crippen molar-refractivity contribution in [2.45, 2.75) is 40.3 Å². The molecule has 0 unspecified atom stereocenters. The first-order valence-electron chi connectivity index (χ1n) is 6.80. The largest absolute Gasteiger partial charge is 0.368 e. The van der Waals surface area contributed by atoms with Gasteiger partial charge in [-0.3, -0.25) is 4.79 Å². The maximum Gasteiger partial charge on any atom is 0.236 e. The fraction of sp³-hybridized carbons (Fsp3) is 0.533. The molecule has 1 aromatic carbocycles. The molecule has 1 rings (SSSR count). The van der Waals surface area contributed by atoms with Crippen LogP contribution in [0.1, 0.15) is 31.9 Å². The third-order valence-electron chi connectivity index (χ3n) is 3.00. The van der Waals surface area contributed by atoms with E-state index in [1.165, 1.54) is 11.1 Å². The molecule has 4 heteroatoms. The predicted octanol–water partition coefficient (Wildman–Crippen LogP) is 1.80. The molecule has 106 valence electrons. The van der Waals surface area contributed by atoms with Crippen molar-refractivity contribution in [3.8, 4) is 0 Å². The van der Waals surface area contributed by atoms with Crippen molar-refractivity contribution in [1.82, 2.24) is 5.32 Å². The molecule has 0 saturated carbocycles. The van der Waals surface area contributed by atoms with E-state index in [1.54, 1.807) is 0 Å². The highest BCUT2D eigenvalue weighted by molar-refractivity contribution is 5.80. The van der Waals surface area contributed by atoms with E-state index < -0.39 is 0 Å². The van der Waals surface area contributed by atoms with E-state index in [0.29, 0.717) is 6.04 Å². The first-order chi connectivity index (χ1) is 8.93. The molecule has 0 aliphatic heterocycles. The van der Waals surface area contributed by atoms with Crippen LogP contribution in [0.4, 0.5) is 5.69 Å². The van der Waals surface area contributed by atoms with Gasteiger partial charge < -0.3 is 16.0 Å². The minimum Gasteiger partial charge on any atom is -0.368 e. The summed E-state index contributed by atoms with van der Waals surface area (Å²) >= 11 is 0. The molecule has 0 spiro atoms. The fourth-order valence-electron chi connectivity index (χ4n) is 2.03. The lowest BCUT2D eigenvalue weighted by molar-refractivity contribution is -0.116. The number of carbonyl (C=O) groups excluding carboxylic acids is 1. The monoisotopic (exact) mass is 263 g/mol. The van der Waals surface area contributed by atoms with Crippen LogP contribution in [0.5, 0.6) is 0 Å². The Morgan fingerprint density at radius 3 is 2.63 bits per heavy atom. The van der Waals surface area contributed by atoms with Crippen molar-refractivity contribution in [2.75, 3.05) is 18.0 Å². The van der Waals surface area contributed by atoms with Crippen molar-refractivity contribution in [3.63, 3.8) is 0 Å². The van der Waals surface area contributed by atoms with E-state index in [-0.39, 0.29) is 12.5 Å². The van der Waals surface area contributed by atoms with Gasteiger partial charge >= 0.3 is 0 Å². The number of aryl methyl sites for hydroxylation is 1. The number of likely N-dealkylation sites (N-methyl/N-ethyl adjacent to an activating group) is 1. The standard InChI is InChI=1S/C15H25N3O/c1-5-18(10-15(16)19)14-7-6-12(4)8-13(14)9-17-11(2)3/h6-8,11,17H,5,9-10H2,1-4H3,(H2,16,19). The molecule has 4 nitrogen and oxygen atoms in total. The zero-order valence-corrected chi connectivity index (χ0v) is 12.4. The first kappa shape index (κ1) is 15.5. The molecule has 19 heavy (non-hydrogen) atoms. The van der Waals surface area contributed by atoms with E-state index in [9.17, 15) is 4.79 Å². The molecule has 0 aromatic heterocycles. The molecule has 0 atom stereocenters. The second-order valence-corrected chi connectivity index (χ2v) is 5.15. The topological polar surface area (TPSA) is 58.4 Å². The second kappa shape index (κ2) is 7.14. The van der Waals surface area contributed by atoms with Crippen molar-refractivity contribution in [2.24, 2.45) is 5.73 Å². The van der Waals surface area contributed by atoms with Gasteiger partial charge in [-0.15, -0.1) is 0 Å². The molecule has 0 saturated heterocycles. The summed E-state index contributed by atoms with van der Waals surface area (Å²) in [6.07, 6.45) is 0. The average molecular weight is 263 g/mol. The van der Waals surface area contributed by atoms with Gasteiger partial charge in [0.1, 0.15) is 0 Å². The number of hydrogen-bond acceptors (Lipinski definition) is 3. The van der Waals surface area contributed by atoms with Crippen LogP contribution in [-0.2, 0) is 11.3 Å². The summed E-state index contributed by atoms with van der Waals surface area (Å²) in [6.45, 7) is 10.2.